The summed E-state index contributed by atoms with van der Waals surface area (Å²) in [5.41, 5.74) is 1.59. The van der Waals surface area contributed by atoms with Gasteiger partial charge in [-0.2, -0.15) is 5.10 Å². The van der Waals surface area contributed by atoms with Crippen molar-refractivity contribution in [3.8, 4) is 16.5 Å². The van der Waals surface area contributed by atoms with Crippen LogP contribution in [0.25, 0.3) is 16.5 Å². The average Bonchev–Trinajstić information content (AvgIpc) is 3.43. The predicted octanol–water partition coefficient (Wildman–Crippen LogP) is 2.10. The molecule has 3 aromatic heterocycles. The number of hydrogen-bond acceptors (Lipinski definition) is 7. The highest BCUT2D eigenvalue weighted by Crippen LogP contribution is 2.21. The van der Waals surface area contributed by atoms with Crippen molar-refractivity contribution in [2.75, 3.05) is 0 Å². The smallest absolute Gasteiger partial charge is 0.226 e. The van der Waals surface area contributed by atoms with Crippen LogP contribution in [-0.2, 0) is 16.8 Å². The third-order valence-electron chi connectivity index (χ3n) is 4.12. The van der Waals surface area contributed by atoms with Crippen molar-refractivity contribution in [2.45, 2.75) is 25.8 Å². The zero-order valence-electron chi connectivity index (χ0n) is 15.3. The number of hydrogen-bond donors (Lipinski definition) is 2. The van der Waals surface area contributed by atoms with Crippen LogP contribution in [0, 0.1) is 0 Å². The molecule has 142 valence electrons. The molecule has 0 radical (unpaired) electrons. The number of thiazole rings is 1. The molecule has 0 aliphatic heterocycles. The highest BCUT2D eigenvalue weighted by molar-refractivity contribution is 7.13. The number of nitrogens with one attached hydrogen (secondary N) is 2. The van der Waals surface area contributed by atoms with Crippen molar-refractivity contribution in [1.82, 2.24) is 40.5 Å². The Bertz CT molecular complexity index is 1070. The molecule has 0 aliphatic carbocycles. The van der Waals surface area contributed by atoms with Gasteiger partial charge in [-0.05, 0) is 26.0 Å². The van der Waals surface area contributed by atoms with Gasteiger partial charge in [0, 0.05) is 5.38 Å². The number of nitrogens with zero attached hydrogens (tertiary/aromatic N) is 6. The number of aromatic nitrogens is 7. The van der Waals surface area contributed by atoms with E-state index < -0.39 is 5.54 Å². The molecule has 0 atom stereocenters. The number of carbonyl (C=O) groups excluding carboxylic acids is 1. The van der Waals surface area contributed by atoms with Gasteiger partial charge in [-0.25, -0.2) is 14.6 Å². The Morgan fingerprint density at radius 2 is 2.11 bits per heavy atom. The minimum atomic E-state index is -0.673. The van der Waals surface area contributed by atoms with Crippen LogP contribution in [0.3, 0.4) is 0 Å². The molecule has 1 aromatic carbocycles. The van der Waals surface area contributed by atoms with Gasteiger partial charge in [-0.15, -0.1) is 16.4 Å². The minimum absolute atomic E-state index is 0.145. The Morgan fingerprint density at radius 1 is 1.29 bits per heavy atom. The van der Waals surface area contributed by atoms with Gasteiger partial charge in [0.15, 0.2) is 10.8 Å². The van der Waals surface area contributed by atoms with Crippen LogP contribution in [0.4, 0.5) is 0 Å². The molecule has 0 bridgehead atoms. The number of H-pyrrole nitrogens is 1. The lowest BCUT2D eigenvalue weighted by atomic mass is 10.0. The Morgan fingerprint density at radius 3 is 2.86 bits per heavy atom. The maximum Gasteiger partial charge on any atom is 0.226 e. The third-order valence-corrected chi connectivity index (χ3v) is 5.02. The third kappa shape index (κ3) is 3.81. The summed E-state index contributed by atoms with van der Waals surface area (Å²) >= 11 is 1.41. The Hall–Kier alpha value is -3.40. The minimum Gasteiger partial charge on any atom is -0.345 e. The molecule has 0 aliphatic rings. The molecular formula is C18H18N8OS. The van der Waals surface area contributed by atoms with E-state index in [1.165, 1.54) is 17.7 Å². The van der Waals surface area contributed by atoms with Crippen molar-refractivity contribution >= 4 is 17.2 Å². The van der Waals surface area contributed by atoms with E-state index in [2.05, 4.69) is 35.8 Å². The van der Waals surface area contributed by atoms with E-state index >= 15 is 0 Å². The first-order valence-electron chi connectivity index (χ1n) is 8.61. The second-order valence-electron chi connectivity index (χ2n) is 6.71. The van der Waals surface area contributed by atoms with E-state index in [4.69, 9.17) is 0 Å². The number of para-hydroxylation sites is 1. The first-order chi connectivity index (χ1) is 13.5. The van der Waals surface area contributed by atoms with E-state index in [0.29, 0.717) is 22.2 Å². The summed E-state index contributed by atoms with van der Waals surface area (Å²) in [6.07, 6.45) is 3.41. The maximum absolute atomic E-state index is 12.5. The van der Waals surface area contributed by atoms with E-state index in [-0.39, 0.29) is 12.3 Å². The topological polar surface area (TPSA) is 114 Å². The molecule has 9 nitrogen and oxygen atoms in total. The van der Waals surface area contributed by atoms with Gasteiger partial charge in [0.25, 0.3) is 0 Å². The molecule has 4 rings (SSSR count). The fourth-order valence-corrected chi connectivity index (χ4v) is 3.45. The molecule has 0 unspecified atom stereocenters. The SMILES string of the molecule is CC(C)(NC(=O)Cc1csc(-c2ncn[nH]2)n1)c1cn(-c2ccccc2)nn1. The molecule has 4 aromatic rings. The normalized spacial score (nSPS) is 11.5. The van der Waals surface area contributed by atoms with E-state index in [1.807, 2.05) is 55.8 Å². The van der Waals surface area contributed by atoms with Gasteiger partial charge in [0.05, 0.1) is 29.5 Å². The zero-order valence-corrected chi connectivity index (χ0v) is 16.1. The highest BCUT2D eigenvalue weighted by atomic mass is 32.1. The Labute approximate surface area is 164 Å². The number of benzene rings is 1. The van der Waals surface area contributed by atoms with E-state index in [1.54, 1.807) is 4.68 Å². The van der Waals surface area contributed by atoms with Gasteiger partial charge in [0.2, 0.25) is 5.91 Å². The fourth-order valence-electron chi connectivity index (χ4n) is 2.68. The lowest BCUT2D eigenvalue weighted by Crippen LogP contribution is -2.42. The largest absolute Gasteiger partial charge is 0.345 e. The highest BCUT2D eigenvalue weighted by Gasteiger charge is 2.27. The number of aromatic amines is 1. The van der Waals surface area contributed by atoms with Crippen molar-refractivity contribution < 1.29 is 4.79 Å². The van der Waals surface area contributed by atoms with Crippen molar-refractivity contribution in [3.05, 3.63) is 59.6 Å². The van der Waals surface area contributed by atoms with E-state index in [9.17, 15) is 4.79 Å². The standard InChI is InChI=1S/C18H18N8OS/c1-18(2,14-9-26(25-23-14)13-6-4-3-5-7-13)22-15(27)8-12-10-28-17(21-12)16-19-11-20-24-16/h3-7,9-11H,8H2,1-2H3,(H,22,27)(H,19,20,24). The van der Waals surface area contributed by atoms with Gasteiger partial charge in [0.1, 0.15) is 12.0 Å². The van der Waals surface area contributed by atoms with Crippen molar-refractivity contribution in [2.24, 2.45) is 0 Å². The summed E-state index contributed by atoms with van der Waals surface area (Å²) in [6, 6.07) is 9.70. The first-order valence-corrected chi connectivity index (χ1v) is 9.48. The van der Waals surface area contributed by atoms with Crippen molar-refractivity contribution in [1.29, 1.82) is 0 Å². The number of carbonyl (C=O) groups is 1. The van der Waals surface area contributed by atoms with Gasteiger partial charge < -0.3 is 5.32 Å². The predicted molar refractivity (Wildman–Crippen MR) is 104 cm³/mol. The molecule has 0 spiro atoms. The summed E-state index contributed by atoms with van der Waals surface area (Å²) in [7, 11) is 0. The van der Waals surface area contributed by atoms with Crippen LogP contribution >= 0.6 is 11.3 Å². The van der Waals surface area contributed by atoms with Crippen LogP contribution in [0.5, 0.6) is 0 Å². The van der Waals surface area contributed by atoms with Crippen molar-refractivity contribution in [3.63, 3.8) is 0 Å². The Balaban J connectivity index is 1.43. The van der Waals surface area contributed by atoms with Crippen LogP contribution in [0.15, 0.2) is 48.2 Å². The average molecular weight is 394 g/mol. The maximum atomic E-state index is 12.5. The summed E-state index contributed by atoms with van der Waals surface area (Å²) in [5.74, 6) is 0.447. The van der Waals surface area contributed by atoms with Crippen LogP contribution in [-0.4, -0.2) is 41.1 Å². The van der Waals surface area contributed by atoms with Crippen LogP contribution in [0.1, 0.15) is 25.2 Å². The van der Waals surface area contributed by atoms with Gasteiger partial charge in [-0.3, -0.25) is 9.89 Å². The number of rotatable bonds is 6. The molecule has 10 heteroatoms. The summed E-state index contributed by atoms with van der Waals surface area (Å²) < 4.78 is 1.69. The summed E-state index contributed by atoms with van der Waals surface area (Å²) in [5, 5.41) is 20.5. The Kier molecular flexibility index (Phi) is 4.70. The summed E-state index contributed by atoms with van der Waals surface area (Å²) in [6.45, 7) is 3.79. The van der Waals surface area contributed by atoms with Crippen LogP contribution < -0.4 is 5.32 Å². The fraction of sp³-hybridized carbons (Fsp3) is 0.222. The first kappa shape index (κ1) is 18.0. The lowest BCUT2D eigenvalue weighted by molar-refractivity contribution is -0.122. The molecule has 1 amide bonds. The lowest BCUT2D eigenvalue weighted by Gasteiger charge is -2.23. The molecule has 0 saturated heterocycles. The van der Waals surface area contributed by atoms with E-state index in [0.717, 1.165) is 5.69 Å². The number of amides is 1. The quantitative estimate of drug-likeness (QED) is 0.518. The van der Waals surface area contributed by atoms with Crippen LogP contribution in [0.2, 0.25) is 0 Å². The molecule has 2 N–H and O–H groups in total. The molecule has 28 heavy (non-hydrogen) atoms. The monoisotopic (exact) mass is 394 g/mol. The molecule has 3 heterocycles. The zero-order chi connectivity index (χ0) is 19.6. The second-order valence-corrected chi connectivity index (χ2v) is 7.57. The molecule has 0 fully saturated rings. The van der Waals surface area contributed by atoms with Gasteiger partial charge >= 0.3 is 0 Å². The summed E-state index contributed by atoms with van der Waals surface area (Å²) in [4.78, 5) is 21.0. The second kappa shape index (κ2) is 7.31. The van der Waals surface area contributed by atoms with Gasteiger partial charge in [-0.1, -0.05) is 23.4 Å². The molecular weight excluding hydrogens is 376 g/mol. The molecule has 0 saturated carbocycles.